The Balaban J connectivity index is 3.19. The van der Waals surface area contributed by atoms with E-state index in [0.29, 0.717) is 0 Å². The van der Waals surface area contributed by atoms with E-state index in [1.165, 1.54) is 38.4 Å². The highest BCUT2D eigenvalue weighted by Gasteiger charge is 2.10. The van der Waals surface area contributed by atoms with E-state index in [2.05, 4.69) is 72.0 Å². The lowest BCUT2D eigenvalue weighted by Gasteiger charge is -2.13. The van der Waals surface area contributed by atoms with Gasteiger partial charge in [0.25, 0.3) is 0 Å². The van der Waals surface area contributed by atoms with Crippen LogP contribution in [0.15, 0.2) is 6.07 Å². The fraction of sp³-hybridized carbons (Fsp3) is 0.538. The fourth-order valence-electron chi connectivity index (χ4n) is 1.82. The molecule has 0 nitrogen and oxygen atoms in total. The van der Waals surface area contributed by atoms with Gasteiger partial charge in [-0.2, -0.15) is 0 Å². The highest BCUT2D eigenvalue weighted by Crippen LogP contribution is 2.27. The minimum absolute atomic E-state index is 1.22. The summed E-state index contributed by atoms with van der Waals surface area (Å²) in [5.41, 5.74) is 4.56. The summed E-state index contributed by atoms with van der Waals surface area (Å²) >= 11 is 4.99. The normalized spacial score (nSPS) is 10.7. The average Bonchev–Trinajstić information content (AvgIpc) is 2.22. The minimum atomic E-state index is 1.22. The second kappa shape index (κ2) is 6.42. The van der Waals surface area contributed by atoms with Crippen LogP contribution in [0.1, 0.15) is 43.4 Å². The van der Waals surface area contributed by atoms with E-state index in [9.17, 15) is 0 Å². The molecule has 0 amide bonds. The Morgan fingerprint density at radius 1 is 0.933 bits per heavy atom. The van der Waals surface area contributed by atoms with Crippen molar-refractivity contribution in [2.45, 2.75) is 46.5 Å². The van der Waals surface area contributed by atoms with Crippen LogP contribution in [0.25, 0.3) is 0 Å². The second-order valence-electron chi connectivity index (χ2n) is 3.95. The maximum Gasteiger partial charge on any atom is 0.0202 e. The van der Waals surface area contributed by atoms with Crippen LogP contribution in [0.3, 0.4) is 0 Å². The van der Waals surface area contributed by atoms with Crippen molar-refractivity contribution >= 4 is 45.2 Å². The first-order chi connectivity index (χ1) is 7.11. The Hall–Kier alpha value is 0.680. The molecule has 0 aromatic heterocycles. The summed E-state index contributed by atoms with van der Waals surface area (Å²) in [4.78, 5) is 0. The molecule has 0 bridgehead atoms. The van der Waals surface area contributed by atoms with Gasteiger partial charge in [0.1, 0.15) is 0 Å². The van der Waals surface area contributed by atoms with Crippen molar-refractivity contribution < 1.29 is 0 Å². The van der Waals surface area contributed by atoms with Gasteiger partial charge in [0.2, 0.25) is 0 Å². The first-order valence-electron chi connectivity index (χ1n) is 5.58. The van der Waals surface area contributed by atoms with E-state index in [0.717, 1.165) is 0 Å². The second-order valence-corrected chi connectivity index (χ2v) is 6.11. The highest BCUT2D eigenvalue weighted by atomic mass is 127. The van der Waals surface area contributed by atoms with Gasteiger partial charge in [-0.1, -0.05) is 32.8 Å². The molecular weight excluding hydrogens is 410 g/mol. The van der Waals surface area contributed by atoms with Gasteiger partial charge in [-0.25, -0.2) is 0 Å². The molecule has 0 spiro atoms. The number of aryl methyl sites for hydroxylation is 2. The molecule has 1 aromatic carbocycles. The van der Waals surface area contributed by atoms with E-state index in [1.807, 2.05) is 0 Å². The summed E-state index contributed by atoms with van der Waals surface area (Å²) in [5, 5.41) is 0. The molecule has 0 radical (unpaired) electrons. The van der Waals surface area contributed by atoms with Crippen molar-refractivity contribution in [2.24, 2.45) is 0 Å². The Kier molecular flexibility index (Phi) is 5.89. The predicted octanol–water partition coefficient (Wildman–Crippen LogP) is 5.11. The maximum atomic E-state index is 2.49. The molecule has 1 rings (SSSR count). The van der Waals surface area contributed by atoms with Crippen LogP contribution in [0, 0.1) is 14.1 Å². The van der Waals surface area contributed by atoms with Gasteiger partial charge in [0, 0.05) is 7.14 Å². The number of rotatable bonds is 4. The van der Waals surface area contributed by atoms with Crippen LogP contribution in [0.2, 0.25) is 0 Å². The largest absolute Gasteiger partial charge is 0.0651 e. The monoisotopic (exact) mass is 428 g/mol. The number of hydrogen-bond donors (Lipinski definition) is 0. The molecule has 0 fully saturated rings. The number of hydrogen-bond acceptors (Lipinski definition) is 0. The molecule has 0 unspecified atom stereocenters. The summed E-state index contributed by atoms with van der Waals surface area (Å²) in [6.07, 6.45) is 4.91. The molecule has 0 aliphatic carbocycles. The van der Waals surface area contributed by atoms with Gasteiger partial charge >= 0.3 is 0 Å². The van der Waals surface area contributed by atoms with Crippen LogP contribution in [-0.4, -0.2) is 0 Å². The maximum absolute atomic E-state index is 2.49. The van der Waals surface area contributed by atoms with Crippen molar-refractivity contribution in [1.29, 1.82) is 0 Å². The topological polar surface area (TPSA) is 0 Å². The predicted molar refractivity (Wildman–Crippen MR) is 84.6 cm³/mol. The quantitative estimate of drug-likeness (QED) is 0.585. The summed E-state index contributed by atoms with van der Waals surface area (Å²) in [6.45, 7) is 6.76. The first kappa shape index (κ1) is 13.7. The lowest BCUT2D eigenvalue weighted by atomic mass is 10.0. The Morgan fingerprint density at radius 2 is 1.33 bits per heavy atom. The molecule has 2 heteroatoms. The lowest BCUT2D eigenvalue weighted by Crippen LogP contribution is -2.00. The first-order valence-corrected chi connectivity index (χ1v) is 7.73. The summed E-state index contributed by atoms with van der Waals surface area (Å²) < 4.78 is 2.94. The summed E-state index contributed by atoms with van der Waals surface area (Å²) in [5.74, 6) is 0. The molecule has 0 atom stereocenters. The molecule has 0 heterocycles. The van der Waals surface area contributed by atoms with Gasteiger partial charge in [-0.05, 0) is 81.6 Å². The van der Waals surface area contributed by atoms with Gasteiger partial charge in [-0.15, -0.1) is 0 Å². The zero-order chi connectivity index (χ0) is 11.4. The third-order valence-corrected chi connectivity index (χ3v) is 5.61. The van der Waals surface area contributed by atoms with Crippen LogP contribution in [0.4, 0.5) is 0 Å². The van der Waals surface area contributed by atoms with E-state index in [1.54, 1.807) is 11.1 Å². The fourth-order valence-corrected chi connectivity index (χ4v) is 3.72. The van der Waals surface area contributed by atoms with Crippen LogP contribution in [-0.2, 0) is 12.8 Å². The van der Waals surface area contributed by atoms with Gasteiger partial charge in [-0.3, -0.25) is 0 Å². The SMILES string of the molecule is CCCc1cc(CCC)c(I)c(C)c1I. The molecule has 0 aliphatic rings. The van der Waals surface area contributed by atoms with Gasteiger partial charge in [0.05, 0.1) is 0 Å². The van der Waals surface area contributed by atoms with Gasteiger partial charge < -0.3 is 0 Å². The third-order valence-electron chi connectivity index (χ3n) is 2.61. The molecule has 84 valence electrons. The van der Waals surface area contributed by atoms with E-state index in [4.69, 9.17) is 0 Å². The molecule has 1 aromatic rings. The Bertz CT molecular complexity index is 313. The Morgan fingerprint density at radius 3 is 1.67 bits per heavy atom. The van der Waals surface area contributed by atoms with Crippen molar-refractivity contribution in [2.75, 3.05) is 0 Å². The zero-order valence-corrected chi connectivity index (χ0v) is 14.0. The molecule has 0 N–H and O–H groups in total. The molecular formula is C13H18I2. The van der Waals surface area contributed by atoms with E-state index >= 15 is 0 Å². The zero-order valence-electron chi connectivity index (χ0n) is 9.66. The van der Waals surface area contributed by atoms with Crippen LogP contribution < -0.4 is 0 Å². The third kappa shape index (κ3) is 3.32. The molecule has 0 aliphatic heterocycles. The minimum Gasteiger partial charge on any atom is -0.0651 e. The smallest absolute Gasteiger partial charge is 0.0202 e. The standard InChI is InChI=1S/C13H18I2/c1-4-6-10-8-11(7-5-2)13(15)9(3)12(10)14/h8H,4-7H2,1-3H3. The summed E-state index contributed by atoms with van der Waals surface area (Å²) in [7, 11) is 0. The molecule has 0 saturated heterocycles. The van der Waals surface area contributed by atoms with Crippen molar-refractivity contribution in [3.05, 3.63) is 29.9 Å². The van der Waals surface area contributed by atoms with Crippen molar-refractivity contribution in [1.82, 2.24) is 0 Å². The lowest BCUT2D eigenvalue weighted by molar-refractivity contribution is 0.883. The number of benzene rings is 1. The van der Waals surface area contributed by atoms with Gasteiger partial charge in [0.15, 0.2) is 0 Å². The van der Waals surface area contributed by atoms with E-state index < -0.39 is 0 Å². The average molecular weight is 428 g/mol. The van der Waals surface area contributed by atoms with Crippen LogP contribution in [0.5, 0.6) is 0 Å². The van der Waals surface area contributed by atoms with E-state index in [-0.39, 0.29) is 0 Å². The highest BCUT2D eigenvalue weighted by molar-refractivity contribution is 14.1. The molecule has 0 saturated carbocycles. The van der Waals surface area contributed by atoms with Crippen LogP contribution >= 0.6 is 45.2 Å². The van der Waals surface area contributed by atoms with Crippen molar-refractivity contribution in [3.63, 3.8) is 0 Å². The van der Waals surface area contributed by atoms with Crippen molar-refractivity contribution in [3.8, 4) is 0 Å². The number of halogens is 2. The summed E-state index contributed by atoms with van der Waals surface area (Å²) in [6, 6.07) is 2.42. The molecule has 15 heavy (non-hydrogen) atoms. The Labute approximate surface area is 121 Å².